The summed E-state index contributed by atoms with van der Waals surface area (Å²) in [5, 5.41) is 20.9. The second kappa shape index (κ2) is 33.6. The Kier molecular flexibility index (Phi) is 19.8. The molecule has 22 aromatic carbocycles. The monoisotopic (exact) mass is 1680 g/mol. The second-order valence-electron chi connectivity index (χ2n) is 33.5. The SMILES string of the molecule is c1ccc(-c2nc3ccccc3n2-c2ccc(-c3c4ccccc4c(-c4ccc5ccccc5c4)c4ccccc34)cc2)cc1.c1ccc(-n2c(-c3ccc(-c4c5ccccc5c(-c5ccc6ccccc6c5)c5ccccc45)cc3)nc3ccccc32)cc1.c1ccc2cc(-c3nc(-c4ccc(-c5cccc6cccnc56)cc4)nc(-c4ccc5ccccc5c4)n3)ccc2c1. The van der Waals surface area contributed by atoms with Crippen molar-refractivity contribution < 1.29 is 0 Å². The summed E-state index contributed by atoms with van der Waals surface area (Å²) in [6.45, 7) is 0. The normalized spacial score (nSPS) is 11.5. The number of hydrogen-bond acceptors (Lipinski definition) is 6. The van der Waals surface area contributed by atoms with E-state index in [-0.39, 0.29) is 0 Å². The van der Waals surface area contributed by atoms with Gasteiger partial charge < -0.3 is 0 Å². The molecule has 0 N–H and O–H groups in total. The molecular formula is C124H80N8. The van der Waals surface area contributed by atoms with Crippen LogP contribution in [-0.2, 0) is 0 Å². The summed E-state index contributed by atoms with van der Waals surface area (Å²) in [6, 6.07) is 170. The zero-order valence-corrected chi connectivity index (χ0v) is 71.8. The standard InChI is InChI=1S/2C43H28N2.C38H24N4/c1-2-14-34(15-3-1)45-40-21-11-10-20-39(40)44-43(45)31-25-23-30(24-26-31)41-35-16-6-8-18-37(35)42(38-19-9-7-17-36(38)41)33-27-22-29-12-4-5-13-32(29)28-33;1-2-13-31(14-3-1)43-44-39-20-10-11-21-40(39)45(43)34-26-24-30(25-27-34)41-35-16-6-8-18-37(35)42(38-19-9-7-17-36(38)41)33-23-22-29-12-4-5-15-32(29)28-33;1-3-9-30-23-32(20-14-25(30)7-1)37-40-36(41-38(42-37)33-21-15-26-8-2-4-10-31(26)24-33)29-18-16-27(17-19-29)34-13-5-11-28-12-6-22-39-35(28)34/h2*1-28H;1-24H. The van der Waals surface area contributed by atoms with E-state index in [1.54, 1.807) is 0 Å². The van der Waals surface area contributed by atoms with Crippen LogP contribution in [0.4, 0.5) is 0 Å². The maximum Gasteiger partial charge on any atom is 0.164 e. The number of imidazole rings is 2. The molecule has 0 aliphatic rings. The lowest BCUT2D eigenvalue weighted by Crippen LogP contribution is -2.00. The highest BCUT2D eigenvalue weighted by atomic mass is 15.1. The molecule has 0 unspecified atom stereocenters. The van der Waals surface area contributed by atoms with Crippen LogP contribution >= 0.6 is 0 Å². The van der Waals surface area contributed by atoms with Crippen molar-refractivity contribution in [1.29, 1.82) is 0 Å². The Bertz CT molecular complexity index is 8730. The summed E-state index contributed by atoms with van der Waals surface area (Å²) >= 11 is 0. The molecule has 0 aliphatic carbocycles. The number of rotatable bonds is 12. The molecule has 8 heteroatoms. The van der Waals surface area contributed by atoms with Gasteiger partial charge in [-0.15, -0.1) is 0 Å². The predicted octanol–water partition coefficient (Wildman–Crippen LogP) is 32.4. The Morgan fingerprint density at radius 2 is 0.455 bits per heavy atom. The van der Waals surface area contributed by atoms with Gasteiger partial charge in [-0.25, -0.2) is 24.9 Å². The minimum absolute atomic E-state index is 0.638. The van der Waals surface area contributed by atoms with Gasteiger partial charge in [0.15, 0.2) is 17.5 Å². The fourth-order valence-electron chi connectivity index (χ4n) is 19.4. The van der Waals surface area contributed by atoms with Gasteiger partial charge in [0.25, 0.3) is 0 Å². The Morgan fingerprint density at radius 1 is 0.167 bits per heavy atom. The van der Waals surface area contributed by atoms with Gasteiger partial charge in [0, 0.05) is 56.3 Å². The summed E-state index contributed by atoms with van der Waals surface area (Å²) < 4.78 is 4.53. The van der Waals surface area contributed by atoms with E-state index in [2.05, 4.69) is 481 Å². The summed E-state index contributed by atoms with van der Waals surface area (Å²) in [5.41, 5.74) is 24.5. The van der Waals surface area contributed by atoms with Crippen molar-refractivity contribution in [2.24, 2.45) is 0 Å². The number of pyridine rings is 1. The molecule has 0 saturated carbocycles. The molecule has 4 heterocycles. The van der Waals surface area contributed by atoms with Crippen LogP contribution in [0.2, 0.25) is 0 Å². The van der Waals surface area contributed by atoms with E-state index in [1.807, 2.05) is 18.3 Å². The van der Waals surface area contributed by atoms with Crippen LogP contribution in [0.25, 0.3) is 243 Å². The molecule has 26 rings (SSSR count). The maximum atomic E-state index is 5.09. The molecule has 4 aromatic heterocycles. The first-order valence-corrected chi connectivity index (χ1v) is 44.8. The molecule has 26 aromatic rings. The van der Waals surface area contributed by atoms with E-state index in [4.69, 9.17) is 24.9 Å². The smallest absolute Gasteiger partial charge is 0.164 e. The third kappa shape index (κ3) is 14.3. The van der Waals surface area contributed by atoms with E-state index >= 15 is 0 Å². The molecule has 0 amide bonds. The van der Waals surface area contributed by atoms with Crippen LogP contribution in [0.15, 0.2) is 485 Å². The van der Waals surface area contributed by atoms with Gasteiger partial charge in [-0.1, -0.05) is 400 Å². The molecule has 132 heavy (non-hydrogen) atoms. The summed E-state index contributed by atoms with van der Waals surface area (Å²) in [5.74, 6) is 3.82. The van der Waals surface area contributed by atoms with E-state index in [0.717, 1.165) is 106 Å². The molecule has 0 atom stereocenters. The third-order valence-electron chi connectivity index (χ3n) is 25.7. The van der Waals surface area contributed by atoms with Gasteiger partial charge in [0.2, 0.25) is 0 Å². The highest BCUT2D eigenvalue weighted by Gasteiger charge is 2.24. The quantitative estimate of drug-likeness (QED) is 0.113. The van der Waals surface area contributed by atoms with Crippen molar-refractivity contribution in [3.8, 4) is 124 Å². The fourth-order valence-corrected chi connectivity index (χ4v) is 19.4. The number of aromatic nitrogens is 8. The molecule has 8 nitrogen and oxygen atoms in total. The molecule has 0 bridgehead atoms. The maximum absolute atomic E-state index is 5.09. The van der Waals surface area contributed by atoms with Crippen LogP contribution in [0, 0.1) is 0 Å². The first-order chi connectivity index (χ1) is 65.4. The van der Waals surface area contributed by atoms with Crippen LogP contribution < -0.4 is 0 Å². The van der Waals surface area contributed by atoms with Crippen molar-refractivity contribution in [1.82, 2.24) is 39.0 Å². The number of nitrogens with zero attached hydrogens (tertiary/aromatic N) is 8. The topological polar surface area (TPSA) is 87.2 Å². The van der Waals surface area contributed by atoms with Crippen molar-refractivity contribution >= 4 is 119 Å². The first kappa shape index (κ1) is 77.8. The number of para-hydroxylation sites is 6. The van der Waals surface area contributed by atoms with E-state index in [9.17, 15) is 0 Å². The minimum Gasteiger partial charge on any atom is -0.292 e. The Hall–Kier alpha value is -17.7. The van der Waals surface area contributed by atoms with Crippen LogP contribution in [0.3, 0.4) is 0 Å². The molecule has 0 spiro atoms. The summed E-state index contributed by atoms with van der Waals surface area (Å²) in [6.07, 6.45) is 1.84. The zero-order valence-electron chi connectivity index (χ0n) is 71.8. The van der Waals surface area contributed by atoms with Crippen molar-refractivity contribution in [3.63, 3.8) is 0 Å². The molecule has 616 valence electrons. The average molecular weight is 1680 g/mol. The van der Waals surface area contributed by atoms with E-state index < -0.39 is 0 Å². The van der Waals surface area contributed by atoms with Gasteiger partial charge in [-0.2, -0.15) is 0 Å². The van der Waals surface area contributed by atoms with E-state index in [1.165, 1.54) is 120 Å². The fraction of sp³-hybridized carbons (Fsp3) is 0. The molecule has 0 aliphatic heterocycles. The van der Waals surface area contributed by atoms with Crippen LogP contribution in [-0.4, -0.2) is 39.0 Å². The van der Waals surface area contributed by atoms with E-state index in [0.29, 0.717) is 17.5 Å². The lowest BCUT2D eigenvalue weighted by molar-refractivity contribution is 1.08. The predicted molar refractivity (Wildman–Crippen MR) is 552 cm³/mol. The zero-order chi connectivity index (χ0) is 87.4. The highest BCUT2D eigenvalue weighted by Crippen LogP contribution is 2.48. The van der Waals surface area contributed by atoms with Crippen molar-refractivity contribution in [3.05, 3.63) is 485 Å². The van der Waals surface area contributed by atoms with Crippen molar-refractivity contribution in [2.75, 3.05) is 0 Å². The van der Waals surface area contributed by atoms with Crippen LogP contribution in [0.1, 0.15) is 0 Å². The molecule has 0 saturated heterocycles. The number of benzene rings is 22. The van der Waals surface area contributed by atoms with Gasteiger partial charge in [-0.3, -0.25) is 14.1 Å². The number of hydrogen-bond donors (Lipinski definition) is 0. The molecule has 0 fully saturated rings. The largest absolute Gasteiger partial charge is 0.292 e. The third-order valence-corrected chi connectivity index (χ3v) is 25.7. The average Bonchev–Trinajstić information content (AvgIpc) is 1.35. The van der Waals surface area contributed by atoms with Gasteiger partial charge >= 0.3 is 0 Å². The van der Waals surface area contributed by atoms with Crippen LogP contribution in [0.5, 0.6) is 0 Å². The first-order valence-electron chi connectivity index (χ1n) is 44.8. The van der Waals surface area contributed by atoms with Gasteiger partial charge in [0.1, 0.15) is 11.6 Å². The number of fused-ring (bicyclic) bond motifs is 11. The lowest BCUT2D eigenvalue weighted by Gasteiger charge is -2.18. The lowest BCUT2D eigenvalue weighted by atomic mass is 9.85. The summed E-state index contributed by atoms with van der Waals surface area (Å²) in [7, 11) is 0. The Balaban J connectivity index is 0.000000109. The van der Waals surface area contributed by atoms with Gasteiger partial charge in [0.05, 0.1) is 27.6 Å². The van der Waals surface area contributed by atoms with Gasteiger partial charge in [-0.05, 0) is 215 Å². The Labute approximate surface area is 762 Å². The van der Waals surface area contributed by atoms with Crippen molar-refractivity contribution in [2.45, 2.75) is 0 Å². The Morgan fingerprint density at radius 3 is 0.886 bits per heavy atom. The highest BCUT2D eigenvalue weighted by molar-refractivity contribution is 6.23. The summed E-state index contributed by atoms with van der Waals surface area (Å²) in [4.78, 5) is 29.7. The molecule has 0 radical (unpaired) electrons. The molecular weight excluding hydrogens is 1600 g/mol. The minimum atomic E-state index is 0.638. The second-order valence-corrected chi connectivity index (χ2v) is 33.5.